The van der Waals surface area contributed by atoms with Gasteiger partial charge in [0.05, 0.1) is 0 Å². The smallest absolute Gasteiger partial charge is 0.143 e. The molecular formula is C51H33NO2S. The minimum Gasteiger partial charge on any atom is -0.456 e. The first-order chi connectivity index (χ1) is 27.0. The molecule has 0 spiro atoms. The molecule has 12 rings (SSSR count). The minimum atomic E-state index is -0.119. The van der Waals surface area contributed by atoms with Gasteiger partial charge < -0.3 is 13.7 Å². The summed E-state index contributed by atoms with van der Waals surface area (Å²) in [5.74, 6) is 0. The number of para-hydroxylation sites is 1. The van der Waals surface area contributed by atoms with Crippen LogP contribution in [0.5, 0.6) is 0 Å². The third kappa shape index (κ3) is 4.43. The minimum absolute atomic E-state index is 0.119. The van der Waals surface area contributed by atoms with E-state index >= 15 is 0 Å². The Kier molecular flexibility index (Phi) is 6.27. The number of anilines is 3. The molecule has 0 aliphatic heterocycles. The molecule has 3 aromatic heterocycles. The molecular weight excluding hydrogens is 691 g/mol. The van der Waals surface area contributed by atoms with Crippen molar-refractivity contribution in [2.75, 3.05) is 4.90 Å². The van der Waals surface area contributed by atoms with Crippen molar-refractivity contribution in [2.24, 2.45) is 0 Å². The molecule has 0 radical (unpaired) electrons. The average Bonchev–Trinajstić information content (AvgIpc) is 3.95. The van der Waals surface area contributed by atoms with E-state index in [1.807, 2.05) is 17.4 Å². The van der Waals surface area contributed by atoms with Crippen LogP contribution in [0.2, 0.25) is 0 Å². The van der Waals surface area contributed by atoms with Crippen LogP contribution < -0.4 is 4.90 Å². The highest BCUT2D eigenvalue weighted by molar-refractivity contribution is 7.25. The molecule has 1 aliphatic carbocycles. The Morgan fingerprint density at radius 1 is 0.418 bits per heavy atom. The molecule has 11 aromatic rings. The van der Waals surface area contributed by atoms with Gasteiger partial charge in [0.25, 0.3) is 0 Å². The van der Waals surface area contributed by atoms with Gasteiger partial charge in [-0.25, -0.2) is 0 Å². The molecule has 0 unspecified atom stereocenters. The van der Waals surface area contributed by atoms with E-state index in [-0.39, 0.29) is 5.41 Å². The highest BCUT2D eigenvalue weighted by Crippen LogP contribution is 2.51. The lowest BCUT2D eigenvalue weighted by atomic mass is 9.82. The molecule has 3 heterocycles. The fourth-order valence-electron chi connectivity index (χ4n) is 9.17. The Hall–Kier alpha value is -6.62. The molecule has 0 amide bonds. The zero-order valence-corrected chi connectivity index (χ0v) is 31.1. The monoisotopic (exact) mass is 723 g/mol. The van der Waals surface area contributed by atoms with Gasteiger partial charge >= 0.3 is 0 Å². The van der Waals surface area contributed by atoms with Crippen molar-refractivity contribution in [1.29, 1.82) is 0 Å². The maximum absolute atomic E-state index is 6.68. The van der Waals surface area contributed by atoms with Crippen molar-refractivity contribution < 1.29 is 8.83 Å². The lowest BCUT2D eigenvalue weighted by Gasteiger charge is -2.28. The number of nitrogens with zero attached hydrogens (tertiary/aromatic N) is 1. The lowest BCUT2D eigenvalue weighted by molar-refractivity contribution is 0.660. The van der Waals surface area contributed by atoms with Gasteiger partial charge in [-0.15, -0.1) is 11.3 Å². The number of fused-ring (bicyclic) bond motifs is 12. The number of hydrogen-bond donors (Lipinski definition) is 0. The fourth-order valence-corrected chi connectivity index (χ4v) is 10.3. The van der Waals surface area contributed by atoms with Gasteiger partial charge in [0.2, 0.25) is 0 Å². The van der Waals surface area contributed by atoms with Crippen molar-refractivity contribution in [3.8, 4) is 22.3 Å². The van der Waals surface area contributed by atoms with Crippen LogP contribution in [0.4, 0.5) is 17.1 Å². The highest BCUT2D eigenvalue weighted by Gasteiger charge is 2.35. The van der Waals surface area contributed by atoms with Gasteiger partial charge in [0, 0.05) is 69.8 Å². The predicted octanol–water partition coefficient (Wildman–Crippen LogP) is 15.3. The van der Waals surface area contributed by atoms with Gasteiger partial charge in [-0.1, -0.05) is 117 Å². The van der Waals surface area contributed by atoms with Crippen molar-refractivity contribution in [3.63, 3.8) is 0 Å². The molecule has 0 bridgehead atoms. The third-order valence-electron chi connectivity index (χ3n) is 11.9. The normalized spacial score (nSPS) is 13.4. The Bertz CT molecular complexity index is 3360. The van der Waals surface area contributed by atoms with Gasteiger partial charge in [-0.3, -0.25) is 0 Å². The average molecular weight is 724 g/mol. The second-order valence-electron chi connectivity index (χ2n) is 15.3. The van der Waals surface area contributed by atoms with Crippen molar-refractivity contribution in [3.05, 3.63) is 175 Å². The van der Waals surface area contributed by atoms with E-state index < -0.39 is 0 Å². The first-order valence-corrected chi connectivity index (χ1v) is 19.6. The largest absolute Gasteiger partial charge is 0.456 e. The molecule has 3 nitrogen and oxygen atoms in total. The van der Waals surface area contributed by atoms with Gasteiger partial charge in [0.1, 0.15) is 22.3 Å². The van der Waals surface area contributed by atoms with E-state index in [4.69, 9.17) is 8.83 Å². The first-order valence-electron chi connectivity index (χ1n) is 18.8. The second-order valence-corrected chi connectivity index (χ2v) is 16.4. The second kappa shape index (κ2) is 11.2. The number of furan rings is 2. The Labute approximate surface area is 321 Å². The zero-order valence-electron chi connectivity index (χ0n) is 30.3. The maximum Gasteiger partial charge on any atom is 0.143 e. The van der Waals surface area contributed by atoms with E-state index in [1.54, 1.807) is 0 Å². The number of hydrogen-bond acceptors (Lipinski definition) is 4. The highest BCUT2D eigenvalue weighted by atomic mass is 32.1. The van der Waals surface area contributed by atoms with Crippen LogP contribution in [-0.4, -0.2) is 0 Å². The zero-order chi connectivity index (χ0) is 36.4. The summed E-state index contributed by atoms with van der Waals surface area (Å²) in [4.78, 5) is 2.41. The first kappa shape index (κ1) is 30.8. The van der Waals surface area contributed by atoms with Crippen LogP contribution in [0, 0.1) is 0 Å². The van der Waals surface area contributed by atoms with Gasteiger partial charge in [-0.05, 0) is 88.5 Å². The lowest BCUT2D eigenvalue weighted by Crippen LogP contribution is -2.16. The standard InChI is InChI=1S/C51H33NO2S/c1-51(2)43-17-8-6-13-35(43)36-22-19-32(26-44(36)51)52(33-20-23-38-37-14-7-9-18-48(37)55-49(38)27-33)31-21-24-45-40(25-31)42-29-47-41(28-46(42)53-45)39-16-10-15-34(50(39)54-47)30-11-4-3-5-12-30/h3-29H,1-2H3. The van der Waals surface area contributed by atoms with Gasteiger partial charge in [-0.2, -0.15) is 0 Å². The van der Waals surface area contributed by atoms with E-state index in [0.29, 0.717) is 0 Å². The van der Waals surface area contributed by atoms with E-state index in [9.17, 15) is 0 Å². The third-order valence-corrected chi connectivity index (χ3v) is 13.0. The quantitative estimate of drug-likeness (QED) is 0.181. The molecule has 0 saturated heterocycles. The fraction of sp³-hybridized carbons (Fsp3) is 0.0588. The molecule has 0 atom stereocenters. The number of rotatable bonds is 4. The summed E-state index contributed by atoms with van der Waals surface area (Å²) in [6.45, 7) is 4.70. The SMILES string of the molecule is CC1(C)c2ccccc2-c2ccc(N(c3ccc4c(c3)sc3ccccc34)c3ccc4oc5cc6c(cc5c4c3)oc3c(-c4ccccc4)cccc36)cc21. The molecule has 0 N–H and O–H groups in total. The van der Waals surface area contributed by atoms with Crippen molar-refractivity contribution in [2.45, 2.75) is 19.3 Å². The van der Waals surface area contributed by atoms with Crippen molar-refractivity contribution in [1.82, 2.24) is 0 Å². The van der Waals surface area contributed by atoms with E-state index in [0.717, 1.165) is 72.1 Å². The summed E-state index contributed by atoms with van der Waals surface area (Å²) in [5.41, 5.74) is 14.2. The summed E-state index contributed by atoms with van der Waals surface area (Å²) in [7, 11) is 0. The molecule has 55 heavy (non-hydrogen) atoms. The van der Waals surface area contributed by atoms with Crippen LogP contribution in [0.3, 0.4) is 0 Å². The summed E-state index contributed by atoms with van der Waals surface area (Å²) in [6.07, 6.45) is 0. The Balaban J connectivity index is 1.06. The summed E-state index contributed by atoms with van der Waals surface area (Å²) in [6, 6.07) is 59.2. The van der Waals surface area contributed by atoms with Gasteiger partial charge in [0.15, 0.2) is 0 Å². The summed E-state index contributed by atoms with van der Waals surface area (Å²) < 4.78 is 15.9. The van der Waals surface area contributed by atoms with Crippen LogP contribution in [0.25, 0.3) is 86.3 Å². The molecule has 1 aliphatic rings. The number of thiophene rings is 1. The summed E-state index contributed by atoms with van der Waals surface area (Å²) in [5, 5.41) is 6.83. The van der Waals surface area contributed by atoms with Crippen LogP contribution in [-0.2, 0) is 5.41 Å². The number of benzene rings is 8. The molecule has 260 valence electrons. The molecule has 0 fully saturated rings. The maximum atomic E-state index is 6.68. The Morgan fingerprint density at radius 2 is 1.05 bits per heavy atom. The Morgan fingerprint density at radius 3 is 1.96 bits per heavy atom. The van der Waals surface area contributed by atoms with E-state index in [1.165, 1.54) is 42.4 Å². The van der Waals surface area contributed by atoms with Crippen LogP contribution in [0.15, 0.2) is 173 Å². The van der Waals surface area contributed by atoms with Crippen molar-refractivity contribution >= 4 is 92.4 Å². The van der Waals surface area contributed by atoms with E-state index in [2.05, 4.69) is 176 Å². The van der Waals surface area contributed by atoms with Crippen LogP contribution >= 0.6 is 11.3 Å². The summed E-state index contributed by atoms with van der Waals surface area (Å²) >= 11 is 1.85. The predicted molar refractivity (Wildman–Crippen MR) is 232 cm³/mol. The molecule has 0 saturated carbocycles. The molecule has 8 aromatic carbocycles. The van der Waals surface area contributed by atoms with Crippen LogP contribution in [0.1, 0.15) is 25.0 Å². The molecule has 4 heteroatoms. The topological polar surface area (TPSA) is 29.5 Å².